The summed E-state index contributed by atoms with van der Waals surface area (Å²) < 4.78 is 32.4. The van der Waals surface area contributed by atoms with Gasteiger partial charge in [-0.15, -0.1) is 0 Å². The van der Waals surface area contributed by atoms with Crippen LogP contribution < -0.4 is 4.74 Å². The van der Waals surface area contributed by atoms with Gasteiger partial charge in [-0.1, -0.05) is 0 Å². The van der Waals surface area contributed by atoms with Gasteiger partial charge in [0.05, 0.1) is 17.4 Å². The van der Waals surface area contributed by atoms with Crippen LogP contribution in [0.4, 0.5) is 0 Å². The van der Waals surface area contributed by atoms with E-state index in [1.807, 2.05) is 0 Å². The lowest BCUT2D eigenvalue weighted by Gasteiger charge is -2.36. The lowest BCUT2D eigenvalue weighted by molar-refractivity contribution is -0.144. The average Bonchev–Trinajstić information content (AvgIpc) is 2.94. The molecule has 1 N–H and O–H groups in total. The van der Waals surface area contributed by atoms with E-state index in [-0.39, 0.29) is 4.90 Å². The van der Waals surface area contributed by atoms with E-state index in [1.54, 1.807) is 19.1 Å². The zero-order valence-electron chi connectivity index (χ0n) is 12.4. The molecular weight excluding hydrogens is 306 g/mol. The van der Waals surface area contributed by atoms with E-state index in [0.717, 1.165) is 11.3 Å². The summed E-state index contributed by atoms with van der Waals surface area (Å²) in [6, 6.07) is 4.32. The van der Waals surface area contributed by atoms with Crippen molar-refractivity contribution in [2.45, 2.75) is 37.1 Å². The smallest absolute Gasteiger partial charge is 0.308 e. The molecule has 2 aliphatic heterocycles. The molecule has 120 valence electrons. The number of carbonyl (C=O) groups is 1. The lowest BCUT2D eigenvalue weighted by Crippen LogP contribution is -2.48. The van der Waals surface area contributed by atoms with Crippen LogP contribution in [0.1, 0.15) is 25.3 Å². The first-order chi connectivity index (χ1) is 10.4. The first-order valence-electron chi connectivity index (χ1n) is 7.41. The third kappa shape index (κ3) is 2.48. The molecule has 1 saturated heterocycles. The minimum absolute atomic E-state index is 0.217. The van der Waals surface area contributed by atoms with Crippen molar-refractivity contribution >= 4 is 16.0 Å². The maximum Gasteiger partial charge on any atom is 0.308 e. The Bertz CT molecular complexity index is 700. The molecule has 0 aromatic heterocycles. The molecule has 1 fully saturated rings. The van der Waals surface area contributed by atoms with E-state index in [9.17, 15) is 18.3 Å². The molecule has 7 heteroatoms. The Hall–Kier alpha value is -1.60. The number of rotatable bonds is 3. The van der Waals surface area contributed by atoms with E-state index < -0.39 is 28.0 Å². The van der Waals surface area contributed by atoms with Gasteiger partial charge in [-0.3, -0.25) is 4.79 Å². The number of hydrogen-bond donors (Lipinski definition) is 1. The SMILES string of the molecule is C[C@@H]1[C@H](C(=O)O)CCCN1S(=O)(=O)c1ccc2c(c1)CCO2. The minimum Gasteiger partial charge on any atom is -0.493 e. The molecule has 2 heterocycles. The quantitative estimate of drug-likeness (QED) is 0.910. The van der Waals surface area contributed by atoms with Gasteiger partial charge in [0, 0.05) is 19.0 Å². The van der Waals surface area contributed by atoms with Crippen LogP contribution in [-0.2, 0) is 21.2 Å². The molecule has 0 bridgehead atoms. The number of sulfonamides is 1. The summed E-state index contributed by atoms with van der Waals surface area (Å²) in [4.78, 5) is 11.5. The summed E-state index contributed by atoms with van der Waals surface area (Å²) in [5.41, 5.74) is 0.889. The van der Waals surface area contributed by atoms with E-state index in [1.165, 1.54) is 10.4 Å². The van der Waals surface area contributed by atoms with Crippen LogP contribution in [0.25, 0.3) is 0 Å². The number of carboxylic acid groups (broad SMARTS) is 1. The van der Waals surface area contributed by atoms with Gasteiger partial charge in [0.25, 0.3) is 0 Å². The predicted molar refractivity (Wildman–Crippen MR) is 79.4 cm³/mol. The van der Waals surface area contributed by atoms with Crippen molar-refractivity contribution in [2.75, 3.05) is 13.2 Å². The highest BCUT2D eigenvalue weighted by Gasteiger charge is 2.39. The number of fused-ring (bicyclic) bond motifs is 1. The second-order valence-electron chi connectivity index (χ2n) is 5.81. The molecule has 3 rings (SSSR count). The summed E-state index contributed by atoms with van der Waals surface area (Å²) in [6.45, 7) is 2.60. The molecule has 1 aromatic carbocycles. The van der Waals surface area contributed by atoms with Crippen molar-refractivity contribution in [3.8, 4) is 5.75 Å². The molecule has 6 nitrogen and oxygen atoms in total. The van der Waals surface area contributed by atoms with Crippen molar-refractivity contribution in [3.05, 3.63) is 23.8 Å². The van der Waals surface area contributed by atoms with Gasteiger partial charge in [-0.05, 0) is 43.5 Å². The van der Waals surface area contributed by atoms with Gasteiger partial charge in [-0.25, -0.2) is 8.42 Å². The molecule has 0 spiro atoms. The van der Waals surface area contributed by atoms with Gasteiger partial charge >= 0.3 is 5.97 Å². The molecule has 2 atom stereocenters. The molecule has 0 saturated carbocycles. The zero-order valence-corrected chi connectivity index (χ0v) is 13.2. The normalized spacial score (nSPS) is 25.5. The van der Waals surface area contributed by atoms with Crippen LogP contribution in [0.15, 0.2) is 23.1 Å². The fourth-order valence-electron chi connectivity index (χ4n) is 3.24. The predicted octanol–water partition coefficient (Wildman–Crippen LogP) is 1.50. The van der Waals surface area contributed by atoms with Crippen molar-refractivity contribution < 1.29 is 23.1 Å². The van der Waals surface area contributed by atoms with Gasteiger partial charge in [-0.2, -0.15) is 4.31 Å². The molecule has 0 radical (unpaired) electrons. The molecule has 22 heavy (non-hydrogen) atoms. The number of ether oxygens (including phenoxy) is 1. The van der Waals surface area contributed by atoms with E-state index in [4.69, 9.17) is 4.74 Å². The Labute approximate surface area is 129 Å². The van der Waals surface area contributed by atoms with Crippen LogP contribution in [0.2, 0.25) is 0 Å². The number of aliphatic carboxylic acids is 1. The molecule has 0 unspecified atom stereocenters. The first-order valence-corrected chi connectivity index (χ1v) is 8.85. The minimum atomic E-state index is -3.68. The van der Waals surface area contributed by atoms with Crippen LogP contribution >= 0.6 is 0 Å². The Morgan fingerprint density at radius 1 is 1.41 bits per heavy atom. The van der Waals surface area contributed by atoms with Crippen molar-refractivity contribution in [1.29, 1.82) is 0 Å². The van der Waals surface area contributed by atoms with E-state index >= 15 is 0 Å². The largest absolute Gasteiger partial charge is 0.493 e. The molecular formula is C15H19NO5S. The average molecular weight is 325 g/mol. The molecule has 0 aliphatic carbocycles. The van der Waals surface area contributed by atoms with Crippen molar-refractivity contribution in [3.63, 3.8) is 0 Å². The first kappa shape index (κ1) is 15.3. The highest BCUT2D eigenvalue weighted by molar-refractivity contribution is 7.89. The van der Waals surface area contributed by atoms with Gasteiger partial charge in [0.1, 0.15) is 5.75 Å². The fraction of sp³-hybridized carbons (Fsp3) is 0.533. The summed E-state index contributed by atoms with van der Waals surface area (Å²) in [7, 11) is -3.68. The highest BCUT2D eigenvalue weighted by Crippen LogP contribution is 2.32. The third-order valence-electron chi connectivity index (χ3n) is 4.51. The Kier molecular flexibility index (Phi) is 3.86. The fourth-order valence-corrected chi connectivity index (χ4v) is 5.00. The summed E-state index contributed by atoms with van der Waals surface area (Å²) in [5.74, 6) is -0.856. The Balaban J connectivity index is 1.93. The van der Waals surface area contributed by atoms with Crippen LogP contribution in [0.5, 0.6) is 5.75 Å². The van der Waals surface area contributed by atoms with Crippen LogP contribution in [-0.4, -0.2) is 43.0 Å². The van der Waals surface area contributed by atoms with Crippen LogP contribution in [0, 0.1) is 5.92 Å². The summed E-state index contributed by atoms with van der Waals surface area (Å²) in [6.07, 6.45) is 1.78. The molecule has 1 aromatic rings. The Morgan fingerprint density at radius 3 is 2.91 bits per heavy atom. The maximum absolute atomic E-state index is 12.9. The van der Waals surface area contributed by atoms with Gasteiger partial charge in [0.15, 0.2) is 0 Å². The zero-order chi connectivity index (χ0) is 15.9. The lowest BCUT2D eigenvalue weighted by atomic mass is 9.92. The number of carboxylic acids is 1. The highest BCUT2D eigenvalue weighted by atomic mass is 32.2. The van der Waals surface area contributed by atoms with Crippen LogP contribution in [0.3, 0.4) is 0 Å². The topological polar surface area (TPSA) is 83.9 Å². The molecule has 2 aliphatic rings. The number of benzene rings is 1. The number of piperidine rings is 1. The second kappa shape index (κ2) is 5.55. The van der Waals surface area contributed by atoms with Gasteiger partial charge in [0.2, 0.25) is 10.0 Å². The molecule has 0 amide bonds. The van der Waals surface area contributed by atoms with Crippen molar-refractivity contribution in [2.24, 2.45) is 5.92 Å². The van der Waals surface area contributed by atoms with Gasteiger partial charge < -0.3 is 9.84 Å². The Morgan fingerprint density at radius 2 is 2.18 bits per heavy atom. The number of nitrogens with zero attached hydrogens (tertiary/aromatic N) is 1. The second-order valence-corrected chi connectivity index (χ2v) is 7.70. The third-order valence-corrected chi connectivity index (χ3v) is 6.50. The maximum atomic E-state index is 12.9. The number of hydrogen-bond acceptors (Lipinski definition) is 4. The standard InChI is InChI=1S/C15H19NO5S/c1-10-13(15(17)18)3-2-7-16(10)22(19,20)12-4-5-14-11(9-12)6-8-21-14/h4-5,9-10,13H,2-3,6-8H2,1H3,(H,17,18)/t10-,13-/m1/s1. The van der Waals surface area contributed by atoms with E-state index in [2.05, 4.69) is 0 Å². The summed E-state index contributed by atoms with van der Waals surface area (Å²) >= 11 is 0. The summed E-state index contributed by atoms with van der Waals surface area (Å²) in [5, 5.41) is 9.25. The monoisotopic (exact) mass is 325 g/mol. The van der Waals surface area contributed by atoms with Crippen molar-refractivity contribution in [1.82, 2.24) is 4.31 Å². The van der Waals surface area contributed by atoms with E-state index in [0.29, 0.717) is 32.4 Å².